The summed E-state index contributed by atoms with van der Waals surface area (Å²) < 4.78 is 10.3. The van der Waals surface area contributed by atoms with Crippen molar-refractivity contribution < 1.29 is 14.3 Å². The summed E-state index contributed by atoms with van der Waals surface area (Å²) in [5.41, 5.74) is 0. The smallest absolute Gasteiger partial charge is 0.410 e. The van der Waals surface area contributed by atoms with Crippen molar-refractivity contribution in [2.45, 2.75) is 0 Å². The second kappa shape index (κ2) is 4.79. The predicted molar refractivity (Wildman–Crippen MR) is 53.7 cm³/mol. The summed E-state index contributed by atoms with van der Waals surface area (Å²) >= 11 is 0. The molecule has 0 spiro atoms. The number of ether oxygens (including phenoxy) is 2. The molecule has 1 radical (unpaired) electrons. The molecule has 2 rings (SSSR count). The minimum atomic E-state index is -0.333. The van der Waals surface area contributed by atoms with Gasteiger partial charge in [-0.25, -0.2) is 4.79 Å². The van der Waals surface area contributed by atoms with Gasteiger partial charge < -0.3 is 14.4 Å². The number of rotatable bonds is 1. The third-order valence-electron chi connectivity index (χ3n) is 2.15. The normalized spacial score (nSPS) is 16.1. The quantitative estimate of drug-likeness (QED) is 0.695. The second-order valence-corrected chi connectivity index (χ2v) is 3.19. The third-order valence-corrected chi connectivity index (χ3v) is 2.15. The summed E-state index contributed by atoms with van der Waals surface area (Å²) in [5.74, 6) is 0.453. The molecule has 0 saturated carbocycles. The van der Waals surface area contributed by atoms with E-state index < -0.39 is 0 Å². The van der Waals surface area contributed by atoms with Gasteiger partial charge in [-0.05, 0) is 6.07 Å². The van der Waals surface area contributed by atoms with Crippen LogP contribution in [0.1, 0.15) is 0 Å². The van der Waals surface area contributed by atoms with E-state index >= 15 is 0 Å². The highest BCUT2D eigenvalue weighted by molar-refractivity contribution is 5.70. The van der Waals surface area contributed by atoms with Crippen LogP contribution in [0.2, 0.25) is 0 Å². The van der Waals surface area contributed by atoms with E-state index in [9.17, 15) is 4.79 Å². The maximum Gasteiger partial charge on any atom is 0.415 e. The first-order valence-corrected chi connectivity index (χ1v) is 4.87. The zero-order valence-corrected chi connectivity index (χ0v) is 8.31. The highest BCUT2D eigenvalue weighted by atomic mass is 16.6. The lowest BCUT2D eigenvalue weighted by Crippen LogP contribution is -2.42. The van der Waals surface area contributed by atoms with Gasteiger partial charge in [0.05, 0.1) is 13.2 Å². The summed E-state index contributed by atoms with van der Waals surface area (Å²) in [6.07, 6.45) is -0.333. The van der Waals surface area contributed by atoms with Gasteiger partial charge in [0.25, 0.3) is 0 Å². The van der Waals surface area contributed by atoms with Crippen LogP contribution in [0.3, 0.4) is 0 Å². The molecule has 15 heavy (non-hydrogen) atoms. The molecule has 1 saturated heterocycles. The number of amides is 1. The van der Waals surface area contributed by atoms with Crippen molar-refractivity contribution in [3.63, 3.8) is 0 Å². The van der Waals surface area contributed by atoms with Crippen molar-refractivity contribution in [2.75, 3.05) is 26.3 Å². The number of morpholine rings is 1. The Morgan fingerprint density at radius 1 is 1.40 bits per heavy atom. The van der Waals surface area contributed by atoms with Crippen LogP contribution in [0.4, 0.5) is 4.79 Å². The lowest BCUT2D eigenvalue weighted by atomic mass is 10.3. The second-order valence-electron chi connectivity index (χ2n) is 3.19. The predicted octanol–water partition coefficient (Wildman–Crippen LogP) is 1.32. The number of carbonyl (C=O) groups excluding carboxylic acids is 1. The Morgan fingerprint density at radius 3 is 2.87 bits per heavy atom. The van der Waals surface area contributed by atoms with Gasteiger partial charge in [-0.3, -0.25) is 0 Å². The molecule has 0 N–H and O–H groups in total. The van der Waals surface area contributed by atoms with E-state index in [-0.39, 0.29) is 6.09 Å². The van der Waals surface area contributed by atoms with Gasteiger partial charge in [0.2, 0.25) is 0 Å². The first kappa shape index (κ1) is 9.98. The van der Waals surface area contributed by atoms with Crippen LogP contribution < -0.4 is 4.74 Å². The number of benzene rings is 1. The zero-order chi connectivity index (χ0) is 10.5. The van der Waals surface area contributed by atoms with Crippen molar-refractivity contribution >= 4 is 6.09 Å². The fraction of sp³-hybridized carbons (Fsp3) is 0.364. The summed E-state index contributed by atoms with van der Waals surface area (Å²) in [7, 11) is 0. The molecule has 1 aliphatic rings. The van der Waals surface area contributed by atoms with Crippen LogP contribution in [0, 0.1) is 6.07 Å². The molecule has 1 fully saturated rings. The van der Waals surface area contributed by atoms with Gasteiger partial charge in [-0.15, -0.1) is 0 Å². The molecule has 1 aliphatic heterocycles. The minimum Gasteiger partial charge on any atom is -0.410 e. The Labute approximate surface area is 88.4 Å². The largest absolute Gasteiger partial charge is 0.415 e. The van der Waals surface area contributed by atoms with Gasteiger partial charge in [0.1, 0.15) is 5.75 Å². The van der Waals surface area contributed by atoms with Crippen LogP contribution in [-0.4, -0.2) is 37.3 Å². The summed E-state index contributed by atoms with van der Waals surface area (Å²) in [6, 6.07) is 9.88. The number of carbonyl (C=O) groups is 1. The fourth-order valence-corrected chi connectivity index (χ4v) is 1.34. The molecular formula is C11H12NO3. The lowest BCUT2D eigenvalue weighted by molar-refractivity contribution is 0.0415. The Morgan fingerprint density at radius 2 is 2.20 bits per heavy atom. The Balaban J connectivity index is 1.91. The highest BCUT2D eigenvalue weighted by Gasteiger charge is 2.18. The molecule has 0 bridgehead atoms. The number of hydrogen-bond acceptors (Lipinski definition) is 3. The van der Waals surface area contributed by atoms with Gasteiger partial charge in [0, 0.05) is 19.2 Å². The van der Waals surface area contributed by atoms with E-state index in [4.69, 9.17) is 9.47 Å². The first-order chi connectivity index (χ1) is 7.36. The van der Waals surface area contributed by atoms with E-state index in [2.05, 4.69) is 6.07 Å². The van der Waals surface area contributed by atoms with Crippen LogP contribution in [-0.2, 0) is 4.74 Å². The number of para-hydroxylation sites is 1. The Kier molecular flexibility index (Phi) is 3.19. The van der Waals surface area contributed by atoms with E-state index in [0.29, 0.717) is 32.1 Å². The van der Waals surface area contributed by atoms with Crippen LogP contribution >= 0.6 is 0 Å². The maximum absolute atomic E-state index is 11.6. The van der Waals surface area contributed by atoms with Crippen LogP contribution in [0.25, 0.3) is 0 Å². The molecule has 0 aliphatic carbocycles. The average molecular weight is 206 g/mol. The summed E-state index contributed by atoms with van der Waals surface area (Å²) in [4.78, 5) is 13.2. The molecular weight excluding hydrogens is 194 g/mol. The average Bonchev–Trinajstić information content (AvgIpc) is 2.31. The lowest BCUT2D eigenvalue weighted by Gasteiger charge is -2.25. The zero-order valence-electron chi connectivity index (χ0n) is 8.31. The maximum atomic E-state index is 11.6. The topological polar surface area (TPSA) is 38.8 Å². The van der Waals surface area contributed by atoms with Crippen LogP contribution in [0.15, 0.2) is 24.3 Å². The third kappa shape index (κ3) is 2.70. The Bertz CT molecular complexity index is 320. The standard InChI is InChI=1S/C11H12NO3/c13-11(12-6-8-14-9-7-12)15-10-4-2-1-3-5-10/h1-4H,6-9H2. The number of hydrogen-bond donors (Lipinski definition) is 0. The molecule has 4 nitrogen and oxygen atoms in total. The van der Waals surface area contributed by atoms with Crippen molar-refractivity contribution in [2.24, 2.45) is 0 Å². The van der Waals surface area contributed by atoms with E-state index in [1.165, 1.54) is 0 Å². The van der Waals surface area contributed by atoms with E-state index in [1.54, 1.807) is 23.1 Å². The van der Waals surface area contributed by atoms with Gasteiger partial charge >= 0.3 is 6.09 Å². The van der Waals surface area contributed by atoms with Gasteiger partial charge in [0.15, 0.2) is 0 Å². The monoisotopic (exact) mass is 206 g/mol. The molecule has 1 amide bonds. The molecule has 1 aromatic rings. The molecule has 0 aromatic heterocycles. The molecule has 1 heterocycles. The molecule has 1 aromatic carbocycles. The van der Waals surface area contributed by atoms with Crippen LogP contribution in [0.5, 0.6) is 5.75 Å². The van der Waals surface area contributed by atoms with Gasteiger partial charge in [-0.1, -0.05) is 18.2 Å². The SMILES string of the molecule is O=C(Oc1[c]cccc1)N1CCOCC1. The molecule has 4 heteroatoms. The minimum absolute atomic E-state index is 0.333. The van der Waals surface area contributed by atoms with Crippen molar-refractivity contribution in [1.82, 2.24) is 4.90 Å². The number of nitrogens with zero attached hydrogens (tertiary/aromatic N) is 1. The van der Waals surface area contributed by atoms with Gasteiger partial charge in [-0.2, -0.15) is 0 Å². The Hall–Kier alpha value is -1.55. The van der Waals surface area contributed by atoms with Crippen molar-refractivity contribution in [3.8, 4) is 5.75 Å². The highest BCUT2D eigenvalue weighted by Crippen LogP contribution is 2.10. The first-order valence-electron chi connectivity index (χ1n) is 4.87. The molecule has 0 atom stereocenters. The van der Waals surface area contributed by atoms with E-state index in [0.717, 1.165) is 0 Å². The van der Waals surface area contributed by atoms with Crippen molar-refractivity contribution in [1.29, 1.82) is 0 Å². The molecule has 0 unspecified atom stereocenters. The summed E-state index contributed by atoms with van der Waals surface area (Å²) in [5, 5.41) is 0. The van der Waals surface area contributed by atoms with E-state index in [1.807, 2.05) is 6.07 Å². The van der Waals surface area contributed by atoms with Crippen molar-refractivity contribution in [3.05, 3.63) is 30.3 Å². The fourth-order valence-electron chi connectivity index (χ4n) is 1.34. The summed E-state index contributed by atoms with van der Waals surface area (Å²) in [6.45, 7) is 2.33. The molecule has 79 valence electrons.